The molecule has 0 aliphatic rings. The summed E-state index contributed by atoms with van der Waals surface area (Å²) in [6, 6.07) is 44.0. The van der Waals surface area contributed by atoms with E-state index in [0.29, 0.717) is 0 Å². The van der Waals surface area contributed by atoms with Crippen LogP contribution in [-0.2, 0) is 0 Å². The van der Waals surface area contributed by atoms with E-state index in [2.05, 4.69) is 108 Å². The Morgan fingerprint density at radius 3 is 1.53 bits per heavy atom. The first kappa shape index (κ1) is 20.1. The minimum atomic E-state index is 0.729. The summed E-state index contributed by atoms with van der Waals surface area (Å²) in [5.41, 5.74) is 9.26. The minimum Gasteiger partial charge on any atom is -0.356 e. The van der Waals surface area contributed by atoms with E-state index in [9.17, 15) is 0 Å². The molecule has 0 aliphatic carbocycles. The van der Waals surface area contributed by atoms with Gasteiger partial charge in [-0.25, -0.2) is 0 Å². The lowest BCUT2D eigenvalue weighted by Gasteiger charge is -2.17. The number of hydrogen-bond acceptors (Lipinski definition) is 1. The molecular weight excluding hydrogens is 410 g/mol. The molecule has 154 valence electrons. The number of halogens is 1. The molecule has 2 heteroatoms. The normalized spacial score (nSPS) is 10.7. The van der Waals surface area contributed by atoms with Crippen molar-refractivity contribution in [3.05, 3.63) is 132 Å². The summed E-state index contributed by atoms with van der Waals surface area (Å²) < 4.78 is 0. The highest BCUT2D eigenvalue weighted by molar-refractivity contribution is 6.30. The summed E-state index contributed by atoms with van der Waals surface area (Å²) in [4.78, 5) is 0. The second-order valence-electron chi connectivity index (χ2n) is 7.67. The highest BCUT2D eigenvalue weighted by atomic mass is 35.5. The summed E-state index contributed by atoms with van der Waals surface area (Å²) in [6.07, 6.45) is 0. The van der Waals surface area contributed by atoms with Crippen molar-refractivity contribution in [1.29, 1.82) is 0 Å². The molecule has 0 aromatic heterocycles. The van der Waals surface area contributed by atoms with E-state index >= 15 is 0 Å². The van der Waals surface area contributed by atoms with Crippen LogP contribution in [0, 0.1) is 0 Å². The highest BCUT2D eigenvalue weighted by Crippen LogP contribution is 2.40. The molecule has 5 aromatic carbocycles. The fourth-order valence-electron chi connectivity index (χ4n) is 4.00. The van der Waals surface area contributed by atoms with Crippen LogP contribution in [0.15, 0.2) is 127 Å². The quantitative estimate of drug-likeness (QED) is 0.292. The van der Waals surface area contributed by atoms with E-state index < -0.39 is 0 Å². The van der Waals surface area contributed by atoms with Gasteiger partial charge in [0.05, 0.1) is 0 Å². The van der Waals surface area contributed by atoms with Crippen molar-refractivity contribution in [3.8, 4) is 33.4 Å². The molecule has 0 atom stereocenters. The number of benzene rings is 5. The second kappa shape index (κ2) is 9.13. The summed E-state index contributed by atoms with van der Waals surface area (Å²) in [7, 11) is 0. The Kier molecular flexibility index (Phi) is 5.74. The van der Waals surface area contributed by atoms with Crippen molar-refractivity contribution in [1.82, 2.24) is 0 Å². The molecule has 0 saturated heterocycles. The number of anilines is 2. The van der Waals surface area contributed by atoms with Crippen LogP contribution in [0.4, 0.5) is 11.4 Å². The fourth-order valence-corrected chi connectivity index (χ4v) is 4.13. The zero-order valence-corrected chi connectivity index (χ0v) is 18.3. The third-order valence-corrected chi connectivity index (χ3v) is 5.79. The van der Waals surface area contributed by atoms with Gasteiger partial charge in [-0.3, -0.25) is 0 Å². The third-order valence-electron chi connectivity index (χ3n) is 5.54. The average Bonchev–Trinajstić information content (AvgIpc) is 2.86. The Morgan fingerprint density at radius 2 is 0.906 bits per heavy atom. The third kappa shape index (κ3) is 4.30. The lowest BCUT2D eigenvalue weighted by Crippen LogP contribution is -1.94. The monoisotopic (exact) mass is 431 g/mol. The van der Waals surface area contributed by atoms with Gasteiger partial charge in [0.25, 0.3) is 0 Å². The largest absolute Gasteiger partial charge is 0.356 e. The molecule has 5 aromatic rings. The van der Waals surface area contributed by atoms with Crippen LogP contribution in [-0.4, -0.2) is 0 Å². The molecule has 0 heterocycles. The molecule has 0 aliphatic heterocycles. The number of nitrogens with one attached hydrogen (secondary N) is 1. The lowest BCUT2D eigenvalue weighted by molar-refractivity contribution is 1.52. The predicted molar refractivity (Wildman–Crippen MR) is 137 cm³/mol. The fraction of sp³-hybridized carbons (Fsp3) is 0. The van der Waals surface area contributed by atoms with Crippen molar-refractivity contribution in [3.63, 3.8) is 0 Å². The van der Waals surface area contributed by atoms with Crippen molar-refractivity contribution < 1.29 is 0 Å². The first-order valence-corrected chi connectivity index (χ1v) is 11.0. The molecule has 1 nitrogen and oxygen atoms in total. The maximum atomic E-state index is 6.06. The van der Waals surface area contributed by atoms with E-state index in [1.165, 1.54) is 33.4 Å². The Balaban J connectivity index is 1.67. The smallest absolute Gasteiger partial charge is 0.0407 e. The van der Waals surface area contributed by atoms with Gasteiger partial charge in [-0.1, -0.05) is 103 Å². The molecule has 32 heavy (non-hydrogen) atoms. The van der Waals surface area contributed by atoms with Crippen molar-refractivity contribution in [2.45, 2.75) is 0 Å². The second-order valence-corrected chi connectivity index (χ2v) is 8.11. The van der Waals surface area contributed by atoms with Gasteiger partial charge in [0.1, 0.15) is 0 Å². The molecule has 0 fully saturated rings. The first-order chi connectivity index (χ1) is 15.8. The van der Waals surface area contributed by atoms with Gasteiger partial charge >= 0.3 is 0 Å². The van der Waals surface area contributed by atoms with Crippen LogP contribution in [0.25, 0.3) is 33.4 Å². The van der Waals surface area contributed by atoms with Gasteiger partial charge in [0.2, 0.25) is 0 Å². The number of rotatable bonds is 5. The molecule has 5 rings (SSSR count). The molecule has 0 bridgehead atoms. The zero-order chi connectivity index (χ0) is 21.8. The van der Waals surface area contributed by atoms with Crippen LogP contribution in [0.3, 0.4) is 0 Å². The molecule has 0 spiro atoms. The van der Waals surface area contributed by atoms with Gasteiger partial charge in [-0.15, -0.1) is 0 Å². The Labute approximate surface area is 194 Å². The van der Waals surface area contributed by atoms with Gasteiger partial charge in [-0.05, 0) is 69.8 Å². The van der Waals surface area contributed by atoms with Gasteiger partial charge in [0.15, 0.2) is 0 Å². The van der Waals surface area contributed by atoms with Crippen molar-refractivity contribution in [2.75, 3.05) is 5.32 Å². The van der Waals surface area contributed by atoms with Crippen LogP contribution in [0.2, 0.25) is 5.02 Å². The van der Waals surface area contributed by atoms with E-state index in [1.54, 1.807) is 0 Å². The minimum absolute atomic E-state index is 0.729. The Bertz CT molecular complexity index is 1330. The van der Waals surface area contributed by atoms with Gasteiger partial charge in [-0.2, -0.15) is 0 Å². The summed E-state index contributed by atoms with van der Waals surface area (Å²) >= 11 is 6.06. The van der Waals surface area contributed by atoms with Crippen LogP contribution < -0.4 is 5.32 Å². The van der Waals surface area contributed by atoms with Gasteiger partial charge < -0.3 is 5.32 Å². The predicted octanol–water partition coefficient (Wildman–Crippen LogP) is 9.08. The van der Waals surface area contributed by atoms with Crippen molar-refractivity contribution in [2.24, 2.45) is 0 Å². The van der Waals surface area contributed by atoms with Crippen LogP contribution in [0.1, 0.15) is 0 Å². The number of hydrogen-bond donors (Lipinski definition) is 1. The van der Waals surface area contributed by atoms with E-state index in [-0.39, 0.29) is 0 Å². The standard InChI is InChI=1S/C30H22ClN/c31-24-15-17-25(18-16-24)32-26-19-20-28(23-11-5-2-6-12-23)30(21-26)29-14-8-7-13-27(29)22-9-3-1-4-10-22/h1-21,32H. The Morgan fingerprint density at radius 1 is 0.406 bits per heavy atom. The molecule has 0 amide bonds. The average molecular weight is 432 g/mol. The van der Waals surface area contributed by atoms with E-state index in [0.717, 1.165) is 16.4 Å². The SMILES string of the molecule is Clc1ccc(Nc2ccc(-c3ccccc3)c(-c3ccccc3-c3ccccc3)c2)cc1. The van der Waals surface area contributed by atoms with Crippen LogP contribution >= 0.6 is 11.6 Å². The van der Waals surface area contributed by atoms with E-state index in [4.69, 9.17) is 11.6 Å². The topological polar surface area (TPSA) is 12.0 Å². The molecule has 0 radical (unpaired) electrons. The van der Waals surface area contributed by atoms with E-state index in [1.807, 2.05) is 24.3 Å². The molecular formula is C30H22ClN. The van der Waals surface area contributed by atoms with Gasteiger partial charge in [0, 0.05) is 16.4 Å². The van der Waals surface area contributed by atoms with Crippen molar-refractivity contribution >= 4 is 23.0 Å². The first-order valence-electron chi connectivity index (χ1n) is 10.6. The van der Waals surface area contributed by atoms with Crippen LogP contribution in [0.5, 0.6) is 0 Å². The summed E-state index contributed by atoms with van der Waals surface area (Å²) in [5, 5.41) is 4.25. The zero-order valence-electron chi connectivity index (χ0n) is 17.5. The molecule has 0 saturated carbocycles. The highest BCUT2D eigenvalue weighted by Gasteiger charge is 2.13. The summed E-state index contributed by atoms with van der Waals surface area (Å²) in [6.45, 7) is 0. The Hall–Kier alpha value is -3.81. The molecule has 1 N–H and O–H groups in total. The maximum absolute atomic E-state index is 6.06. The molecule has 0 unspecified atom stereocenters. The maximum Gasteiger partial charge on any atom is 0.0407 e. The lowest BCUT2D eigenvalue weighted by atomic mass is 9.89. The summed E-state index contributed by atoms with van der Waals surface area (Å²) in [5.74, 6) is 0.